The molecule has 0 saturated carbocycles. The summed E-state index contributed by atoms with van der Waals surface area (Å²) >= 11 is 0. The van der Waals surface area contributed by atoms with Gasteiger partial charge in [0.2, 0.25) is 5.91 Å². The van der Waals surface area contributed by atoms with E-state index in [1.165, 1.54) is 0 Å². The van der Waals surface area contributed by atoms with Crippen molar-refractivity contribution in [2.24, 2.45) is 0 Å². The molecule has 1 heterocycles. The van der Waals surface area contributed by atoms with Gasteiger partial charge in [0, 0.05) is 5.56 Å². The number of hydrogen-bond acceptors (Lipinski definition) is 6. The molecule has 1 amide bonds. The Hall–Kier alpha value is -3.87. The lowest BCUT2D eigenvalue weighted by Gasteiger charge is -2.18. The number of rotatable bonds is 7. The number of ether oxygens (including phenoxy) is 3. The van der Waals surface area contributed by atoms with Gasteiger partial charge in [-0.1, -0.05) is 42.5 Å². The molecule has 0 aliphatic carbocycles. The van der Waals surface area contributed by atoms with Crippen LogP contribution in [0.25, 0.3) is 10.8 Å². The van der Waals surface area contributed by atoms with E-state index in [1.807, 2.05) is 42.5 Å². The van der Waals surface area contributed by atoms with Gasteiger partial charge in [-0.05, 0) is 34.5 Å². The maximum absolute atomic E-state index is 12.3. The second-order valence-corrected chi connectivity index (χ2v) is 7.03. The average Bonchev–Trinajstić information content (AvgIpc) is 2.81. The van der Waals surface area contributed by atoms with Crippen molar-refractivity contribution < 1.29 is 28.6 Å². The molecule has 0 saturated heterocycles. The number of amides is 1. The van der Waals surface area contributed by atoms with E-state index in [0.717, 1.165) is 16.3 Å². The Bertz CT molecular complexity index is 1130. The molecule has 0 unspecified atom stereocenters. The summed E-state index contributed by atoms with van der Waals surface area (Å²) in [5.41, 5.74) is 1.23. The minimum absolute atomic E-state index is 0.144. The second-order valence-electron chi connectivity index (χ2n) is 7.03. The summed E-state index contributed by atoms with van der Waals surface area (Å²) in [5.74, 6) is -0.283. The van der Waals surface area contributed by atoms with Gasteiger partial charge in [-0.15, -0.1) is 0 Å². The highest BCUT2D eigenvalue weighted by molar-refractivity contribution is 5.98. The fraction of sp³-hybridized carbons (Fsp3) is 0.208. The Labute approximate surface area is 178 Å². The van der Waals surface area contributed by atoms with Crippen LogP contribution in [0.3, 0.4) is 0 Å². The fourth-order valence-corrected chi connectivity index (χ4v) is 3.35. The Balaban J connectivity index is 1.25. The molecular weight excluding hydrogens is 398 g/mol. The Kier molecular flexibility index (Phi) is 6.12. The first-order valence-corrected chi connectivity index (χ1v) is 9.92. The molecule has 0 spiro atoms. The lowest BCUT2D eigenvalue weighted by atomic mass is 10.0. The maximum atomic E-state index is 12.3. The summed E-state index contributed by atoms with van der Waals surface area (Å²) in [6.07, 6.45) is 0.144. The zero-order valence-electron chi connectivity index (χ0n) is 16.8. The molecule has 1 N–H and O–H groups in total. The van der Waals surface area contributed by atoms with E-state index in [4.69, 9.17) is 14.2 Å². The van der Waals surface area contributed by atoms with Crippen LogP contribution >= 0.6 is 0 Å². The fourth-order valence-electron chi connectivity index (χ4n) is 3.35. The van der Waals surface area contributed by atoms with Crippen molar-refractivity contribution >= 4 is 28.4 Å². The minimum Gasteiger partial charge on any atom is -0.486 e. The lowest BCUT2D eigenvalue weighted by Crippen LogP contribution is -2.32. The second kappa shape index (κ2) is 9.30. The van der Waals surface area contributed by atoms with E-state index >= 15 is 0 Å². The third-order valence-corrected chi connectivity index (χ3v) is 4.89. The summed E-state index contributed by atoms with van der Waals surface area (Å²) in [6.45, 7) is 0.151. The highest BCUT2D eigenvalue weighted by Crippen LogP contribution is 2.30. The third kappa shape index (κ3) is 5.01. The van der Waals surface area contributed by atoms with Crippen LogP contribution in [-0.4, -0.2) is 44.0 Å². The number of Topliss-reactive ketones (excluding diaryl/α,β-unsaturated/α-hetero) is 1. The maximum Gasteiger partial charge on any atom is 0.325 e. The topological polar surface area (TPSA) is 90.9 Å². The number of carbonyl (C=O) groups excluding carboxylic acids is 3. The zero-order valence-corrected chi connectivity index (χ0v) is 16.8. The van der Waals surface area contributed by atoms with Crippen molar-refractivity contribution in [1.29, 1.82) is 0 Å². The molecule has 0 aromatic heterocycles. The standard InChI is InChI=1S/C24H21NO6/c26-20(18-8-9-21-22(12-18)30-11-10-29-21)15-31-24(28)14-25-23(27)13-17-6-3-5-16-4-1-2-7-19(16)17/h1-9,12H,10-11,13-15H2,(H,25,27). The summed E-state index contributed by atoms with van der Waals surface area (Å²) < 4.78 is 15.9. The van der Waals surface area contributed by atoms with Crippen LogP contribution in [0.2, 0.25) is 0 Å². The van der Waals surface area contributed by atoms with Crippen molar-refractivity contribution in [1.82, 2.24) is 5.32 Å². The molecule has 0 atom stereocenters. The van der Waals surface area contributed by atoms with Gasteiger partial charge in [0.1, 0.15) is 19.8 Å². The molecule has 7 heteroatoms. The van der Waals surface area contributed by atoms with Crippen molar-refractivity contribution in [3.8, 4) is 11.5 Å². The van der Waals surface area contributed by atoms with Gasteiger partial charge in [-0.25, -0.2) is 0 Å². The Morgan fingerprint density at radius 1 is 0.903 bits per heavy atom. The van der Waals surface area contributed by atoms with E-state index in [0.29, 0.717) is 30.3 Å². The van der Waals surface area contributed by atoms with Crippen LogP contribution in [0.4, 0.5) is 0 Å². The number of carbonyl (C=O) groups is 3. The highest BCUT2D eigenvalue weighted by atomic mass is 16.6. The Morgan fingerprint density at radius 2 is 1.68 bits per heavy atom. The first-order chi connectivity index (χ1) is 15.1. The van der Waals surface area contributed by atoms with Crippen LogP contribution < -0.4 is 14.8 Å². The molecule has 7 nitrogen and oxygen atoms in total. The number of benzene rings is 3. The monoisotopic (exact) mass is 419 g/mol. The van der Waals surface area contributed by atoms with Gasteiger partial charge < -0.3 is 19.5 Å². The van der Waals surface area contributed by atoms with Gasteiger partial charge in [0.05, 0.1) is 6.42 Å². The van der Waals surface area contributed by atoms with Crippen LogP contribution in [0, 0.1) is 0 Å². The van der Waals surface area contributed by atoms with Gasteiger partial charge in [-0.2, -0.15) is 0 Å². The van der Waals surface area contributed by atoms with E-state index in [9.17, 15) is 14.4 Å². The largest absolute Gasteiger partial charge is 0.486 e. The molecule has 158 valence electrons. The number of ketones is 1. The zero-order chi connectivity index (χ0) is 21.6. The van der Waals surface area contributed by atoms with E-state index < -0.39 is 12.6 Å². The van der Waals surface area contributed by atoms with Gasteiger partial charge in [0.15, 0.2) is 23.9 Å². The normalized spacial score (nSPS) is 12.3. The smallest absolute Gasteiger partial charge is 0.325 e. The number of hydrogen-bond donors (Lipinski definition) is 1. The van der Waals surface area contributed by atoms with Crippen LogP contribution in [0.1, 0.15) is 15.9 Å². The average molecular weight is 419 g/mol. The van der Waals surface area contributed by atoms with Gasteiger partial charge >= 0.3 is 5.97 Å². The van der Waals surface area contributed by atoms with E-state index in [-0.39, 0.29) is 24.7 Å². The van der Waals surface area contributed by atoms with Crippen molar-refractivity contribution in [3.63, 3.8) is 0 Å². The predicted octanol–water partition coefficient (Wildman–Crippen LogP) is 2.70. The molecule has 4 rings (SSSR count). The molecular formula is C24H21NO6. The molecule has 31 heavy (non-hydrogen) atoms. The van der Waals surface area contributed by atoms with E-state index in [2.05, 4.69) is 5.32 Å². The van der Waals surface area contributed by atoms with Crippen LogP contribution in [0.15, 0.2) is 60.7 Å². The molecule has 0 radical (unpaired) electrons. The summed E-state index contributed by atoms with van der Waals surface area (Å²) in [5, 5.41) is 4.58. The quantitative estimate of drug-likeness (QED) is 0.468. The summed E-state index contributed by atoms with van der Waals surface area (Å²) in [7, 11) is 0. The SMILES string of the molecule is O=C(Cc1cccc2ccccc12)NCC(=O)OCC(=O)c1ccc2c(c1)OCCO2. The molecule has 0 fully saturated rings. The molecule has 1 aliphatic heterocycles. The molecule has 3 aromatic rings. The van der Waals surface area contributed by atoms with Crippen LogP contribution in [-0.2, 0) is 20.7 Å². The Morgan fingerprint density at radius 3 is 2.55 bits per heavy atom. The third-order valence-electron chi connectivity index (χ3n) is 4.89. The highest BCUT2D eigenvalue weighted by Gasteiger charge is 2.16. The molecule has 0 bridgehead atoms. The first-order valence-electron chi connectivity index (χ1n) is 9.92. The van der Waals surface area contributed by atoms with Gasteiger partial charge in [-0.3, -0.25) is 14.4 Å². The predicted molar refractivity (Wildman–Crippen MR) is 113 cm³/mol. The van der Waals surface area contributed by atoms with Crippen molar-refractivity contribution in [3.05, 3.63) is 71.8 Å². The summed E-state index contributed by atoms with van der Waals surface area (Å²) in [6, 6.07) is 18.3. The molecule has 1 aliphatic rings. The number of nitrogens with one attached hydrogen (secondary N) is 1. The van der Waals surface area contributed by atoms with E-state index in [1.54, 1.807) is 18.2 Å². The van der Waals surface area contributed by atoms with Gasteiger partial charge in [0.25, 0.3) is 0 Å². The van der Waals surface area contributed by atoms with Crippen molar-refractivity contribution in [2.45, 2.75) is 6.42 Å². The molecule has 3 aromatic carbocycles. The van der Waals surface area contributed by atoms with Crippen LogP contribution in [0.5, 0.6) is 11.5 Å². The first kappa shape index (κ1) is 20.4. The summed E-state index contributed by atoms with van der Waals surface area (Å²) in [4.78, 5) is 36.5. The minimum atomic E-state index is -0.683. The van der Waals surface area contributed by atoms with Crippen molar-refractivity contribution in [2.75, 3.05) is 26.4 Å². The number of fused-ring (bicyclic) bond motifs is 2. The lowest BCUT2D eigenvalue weighted by molar-refractivity contribution is -0.142. The number of esters is 1.